The lowest BCUT2D eigenvalue weighted by Crippen LogP contribution is -2.31. The van der Waals surface area contributed by atoms with Crippen molar-refractivity contribution in [3.63, 3.8) is 0 Å². The fourth-order valence-electron chi connectivity index (χ4n) is 1.78. The number of halogens is 1. The van der Waals surface area contributed by atoms with Gasteiger partial charge in [0.1, 0.15) is 5.82 Å². The smallest absolute Gasteiger partial charge is 0.340 e. The van der Waals surface area contributed by atoms with Gasteiger partial charge in [-0.1, -0.05) is 26.3 Å². The lowest BCUT2D eigenvalue weighted by atomic mass is 10.0. The number of methoxy groups -OCH3 is 1. The monoisotopic (exact) mass is 267 g/mol. The van der Waals surface area contributed by atoms with Crippen LogP contribution in [0.2, 0.25) is 0 Å². The number of hydrogen-bond donors (Lipinski definition) is 1. The van der Waals surface area contributed by atoms with Gasteiger partial charge in [0.15, 0.2) is 0 Å². The fourth-order valence-corrected chi connectivity index (χ4v) is 1.78. The second-order valence-electron chi connectivity index (χ2n) is 4.86. The van der Waals surface area contributed by atoms with E-state index in [9.17, 15) is 9.18 Å². The van der Waals surface area contributed by atoms with Crippen LogP contribution in [0.5, 0.6) is 0 Å². The molecule has 1 aromatic rings. The highest BCUT2D eigenvalue weighted by molar-refractivity contribution is 5.89. The quantitative estimate of drug-likeness (QED) is 0.805. The van der Waals surface area contributed by atoms with Gasteiger partial charge in [0.25, 0.3) is 0 Å². The molecule has 1 N–H and O–H groups in total. The Morgan fingerprint density at radius 3 is 2.63 bits per heavy atom. The van der Waals surface area contributed by atoms with Crippen molar-refractivity contribution in [2.75, 3.05) is 7.11 Å². The van der Waals surface area contributed by atoms with Gasteiger partial charge in [-0.2, -0.15) is 0 Å². The summed E-state index contributed by atoms with van der Waals surface area (Å²) in [6.45, 7) is 7.03. The maximum atomic E-state index is 13.7. The Hall–Kier alpha value is -1.42. The number of rotatable bonds is 6. The zero-order valence-electron chi connectivity index (χ0n) is 12.0. The Labute approximate surface area is 114 Å². The molecule has 0 saturated carbocycles. The minimum atomic E-state index is -0.648. The van der Waals surface area contributed by atoms with Crippen LogP contribution in [0.1, 0.15) is 43.1 Å². The van der Waals surface area contributed by atoms with Gasteiger partial charge in [-0.05, 0) is 30.5 Å². The number of nitrogens with one attached hydrogen (secondary N) is 1. The van der Waals surface area contributed by atoms with E-state index in [1.807, 2.05) is 0 Å². The molecule has 0 aromatic heterocycles. The topological polar surface area (TPSA) is 38.3 Å². The zero-order valence-corrected chi connectivity index (χ0v) is 12.0. The van der Waals surface area contributed by atoms with Crippen molar-refractivity contribution in [2.45, 2.75) is 39.8 Å². The molecule has 19 heavy (non-hydrogen) atoms. The summed E-state index contributed by atoms with van der Waals surface area (Å²) >= 11 is 0. The first kappa shape index (κ1) is 15.6. The summed E-state index contributed by atoms with van der Waals surface area (Å²) in [6, 6.07) is 4.95. The Balaban J connectivity index is 2.66. The largest absolute Gasteiger partial charge is 0.465 e. The second kappa shape index (κ2) is 7.24. The van der Waals surface area contributed by atoms with Crippen LogP contribution in [0.3, 0.4) is 0 Å². The number of ether oxygens (including phenoxy) is 1. The van der Waals surface area contributed by atoms with Crippen LogP contribution >= 0.6 is 0 Å². The van der Waals surface area contributed by atoms with Crippen LogP contribution in [-0.4, -0.2) is 19.1 Å². The van der Waals surface area contributed by atoms with E-state index in [1.54, 1.807) is 6.07 Å². The predicted molar refractivity (Wildman–Crippen MR) is 73.5 cm³/mol. The van der Waals surface area contributed by atoms with Crippen LogP contribution in [0.4, 0.5) is 4.39 Å². The number of carbonyl (C=O) groups is 1. The third kappa shape index (κ3) is 4.31. The molecule has 2 atom stereocenters. The molecule has 0 radical (unpaired) electrons. The van der Waals surface area contributed by atoms with Crippen LogP contribution in [-0.2, 0) is 11.3 Å². The lowest BCUT2D eigenvalue weighted by molar-refractivity contribution is 0.0595. The van der Waals surface area contributed by atoms with Crippen molar-refractivity contribution in [3.05, 3.63) is 35.1 Å². The van der Waals surface area contributed by atoms with E-state index in [0.717, 1.165) is 12.0 Å². The van der Waals surface area contributed by atoms with Gasteiger partial charge in [-0.25, -0.2) is 9.18 Å². The summed E-state index contributed by atoms with van der Waals surface area (Å²) in [4.78, 5) is 11.3. The molecule has 0 aliphatic carbocycles. The first-order valence-corrected chi connectivity index (χ1v) is 6.59. The van der Waals surface area contributed by atoms with Crippen LogP contribution in [0.15, 0.2) is 18.2 Å². The molecule has 2 unspecified atom stereocenters. The predicted octanol–water partition coefficient (Wildman–Crippen LogP) is 3.14. The highest BCUT2D eigenvalue weighted by atomic mass is 19.1. The van der Waals surface area contributed by atoms with E-state index in [-0.39, 0.29) is 5.56 Å². The minimum Gasteiger partial charge on any atom is -0.465 e. The van der Waals surface area contributed by atoms with Gasteiger partial charge in [0.05, 0.1) is 12.7 Å². The van der Waals surface area contributed by atoms with Gasteiger partial charge >= 0.3 is 5.97 Å². The number of benzene rings is 1. The average molecular weight is 267 g/mol. The summed E-state index contributed by atoms with van der Waals surface area (Å²) in [7, 11) is 1.24. The SMILES string of the molecule is CCC(C)C(C)NCc1ccc(C(=O)OC)c(F)c1. The third-order valence-electron chi connectivity index (χ3n) is 3.56. The molecule has 0 aliphatic heterocycles. The maximum absolute atomic E-state index is 13.7. The maximum Gasteiger partial charge on any atom is 0.340 e. The normalized spacial score (nSPS) is 13.9. The number of carbonyl (C=O) groups excluding carboxylic acids is 1. The van der Waals surface area contributed by atoms with E-state index < -0.39 is 11.8 Å². The van der Waals surface area contributed by atoms with Crippen molar-refractivity contribution in [1.29, 1.82) is 0 Å². The molecule has 0 amide bonds. The summed E-state index contributed by atoms with van der Waals surface area (Å²) in [5.74, 6) is -0.619. The molecule has 1 rings (SSSR count). The van der Waals surface area contributed by atoms with Gasteiger partial charge in [-0.15, -0.1) is 0 Å². The molecule has 0 fully saturated rings. The van der Waals surface area contributed by atoms with Gasteiger partial charge in [0, 0.05) is 12.6 Å². The molecular weight excluding hydrogens is 245 g/mol. The Morgan fingerprint density at radius 1 is 1.42 bits per heavy atom. The summed E-state index contributed by atoms with van der Waals surface area (Å²) in [5.41, 5.74) is 0.793. The highest BCUT2D eigenvalue weighted by Gasteiger charge is 2.13. The fraction of sp³-hybridized carbons (Fsp3) is 0.533. The van der Waals surface area contributed by atoms with Gasteiger partial charge < -0.3 is 10.1 Å². The first-order valence-electron chi connectivity index (χ1n) is 6.59. The van der Waals surface area contributed by atoms with E-state index in [2.05, 4.69) is 30.8 Å². The molecular formula is C15H22FNO2. The molecule has 0 saturated heterocycles. The average Bonchev–Trinajstić information content (AvgIpc) is 2.43. The van der Waals surface area contributed by atoms with E-state index in [0.29, 0.717) is 18.5 Å². The Bertz CT molecular complexity index is 434. The molecule has 0 aliphatic rings. The van der Waals surface area contributed by atoms with E-state index in [1.165, 1.54) is 19.2 Å². The third-order valence-corrected chi connectivity index (χ3v) is 3.56. The summed E-state index contributed by atoms with van der Waals surface area (Å²) in [6.07, 6.45) is 1.10. The zero-order chi connectivity index (χ0) is 14.4. The highest BCUT2D eigenvalue weighted by Crippen LogP contribution is 2.13. The van der Waals surface area contributed by atoms with Crippen molar-refractivity contribution in [1.82, 2.24) is 5.32 Å². The van der Waals surface area contributed by atoms with Crippen LogP contribution in [0.25, 0.3) is 0 Å². The molecule has 3 nitrogen and oxygen atoms in total. The summed E-state index contributed by atoms with van der Waals surface area (Å²) < 4.78 is 18.2. The van der Waals surface area contributed by atoms with E-state index >= 15 is 0 Å². The Kier molecular flexibility index (Phi) is 5.96. The standard InChI is InChI=1S/C15H22FNO2/c1-5-10(2)11(3)17-9-12-6-7-13(14(16)8-12)15(18)19-4/h6-8,10-11,17H,5,9H2,1-4H3. The van der Waals surface area contributed by atoms with E-state index in [4.69, 9.17) is 0 Å². The molecule has 0 bridgehead atoms. The first-order chi connectivity index (χ1) is 8.99. The van der Waals surface area contributed by atoms with Crippen LogP contribution in [0, 0.1) is 11.7 Å². The number of esters is 1. The lowest BCUT2D eigenvalue weighted by Gasteiger charge is -2.20. The summed E-state index contributed by atoms with van der Waals surface area (Å²) in [5, 5.41) is 3.36. The molecule has 1 aromatic carbocycles. The molecule has 0 heterocycles. The molecule has 0 spiro atoms. The van der Waals surface area contributed by atoms with Crippen LogP contribution < -0.4 is 5.32 Å². The second-order valence-corrected chi connectivity index (χ2v) is 4.86. The molecule has 106 valence electrons. The molecule has 4 heteroatoms. The van der Waals surface area contributed by atoms with Gasteiger partial charge in [0.2, 0.25) is 0 Å². The van der Waals surface area contributed by atoms with Crippen molar-refractivity contribution < 1.29 is 13.9 Å². The van der Waals surface area contributed by atoms with Crippen molar-refractivity contribution >= 4 is 5.97 Å². The van der Waals surface area contributed by atoms with Crippen molar-refractivity contribution in [2.24, 2.45) is 5.92 Å². The van der Waals surface area contributed by atoms with Crippen molar-refractivity contribution in [3.8, 4) is 0 Å². The number of hydrogen-bond acceptors (Lipinski definition) is 3. The minimum absolute atomic E-state index is 0.0266. The Morgan fingerprint density at radius 2 is 2.11 bits per heavy atom. The van der Waals surface area contributed by atoms with Gasteiger partial charge in [-0.3, -0.25) is 0 Å².